The number of unbranched alkanes of at least 4 members (excludes halogenated alkanes) is 3. The predicted molar refractivity (Wildman–Crippen MR) is 150 cm³/mol. The Bertz CT molecular complexity index is 841. The van der Waals surface area contributed by atoms with Crippen molar-refractivity contribution >= 4 is 17.9 Å². The van der Waals surface area contributed by atoms with Crippen LogP contribution in [0.1, 0.15) is 118 Å². The van der Waals surface area contributed by atoms with Crippen molar-refractivity contribution in [1.29, 1.82) is 0 Å². The van der Waals surface area contributed by atoms with Gasteiger partial charge in [-0.15, -0.1) is 0 Å². The summed E-state index contributed by atoms with van der Waals surface area (Å²) in [5, 5.41) is 19.6. The first-order chi connectivity index (χ1) is 18.4. The third-order valence-electron chi connectivity index (χ3n) is 9.06. The van der Waals surface area contributed by atoms with E-state index in [4.69, 9.17) is 9.47 Å². The molecule has 0 spiro atoms. The summed E-state index contributed by atoms with van der Waals surface area (Å²) in [5.41, 5.74) is -0.667. The maximum absolute atomic E-state index is 13.2. The van der Waals surface area contributed by atoms with Gasteiger partial charge in [-0.1, -0.05) is 65.7 Å². The molecule has 39 heavy (non-hydrogen) atoms. The predicted octanol–water partition coefficient (Wildman–Crippen LogP) is 5.12. The molecule has 224 valence electrons. The highest BCUT2D eigenvalue weighted by atomic mass is 16.7. The van der Waals surface area contributed by atoms with E-state index in [9.17, 15) is 19.5 Å². The number of amides is 3. The first kappa shape index (κ1) is 31.7. The summed E-state index contributed by atoms with van der Waals surface area (Å²) in [6.07, 6.45) is 12.4. The van der Waals surface area contributed by atoms with Crippen LogP contribution in [0, 0.1) is 17.3 Å². The highest BCUT2D eigenvalue weighted by molar-refractivity contribution is 5.82. The van der Waals surface area contributed by atoms with Crippen molar-refractivity contribution in [3.05, 3.63) is 0 Å². The van der Waals surface area contributed by atoms with Crippen LogP contribution < -0.4 is 16.0 Å². The molecule has 0 aromatic heterocycles. The zero-order valence-electron chi connectivity index (χ0n) is 24.9. The largest absolute Gasteiger partial charge is 0.481 e. The number of hydrogen-bond donors (Lipinski definition) is 4. The zero-order chi connectivity index (χ0) is 28.7. The third kappa shape index (κ3) is 8.81. The molecule has 0 bridgehead atoms. The standard InChI is InChI=1S/C30H53N3O6/c1-6-7-8-12-16-30(17-13-18-30)33-27(37)32-23-15-11-9-10-14-21(23)22(26(35)36)19-31-25(34)24-28(2,3)20-38-29(4,5)39-24/h21-24H,6-20H2,1-5H3,(H,31,34)(H,35,36)(H2,32,33,37). The molecule has 2 aliphatic carbocycles. The minimum atomic E-state index is -0.951. The molecule has 0 aromatic rings. The lowest BCUT2D eigenvalue weighted by atomic mass is 9.73. The van der Waals surface area contributed by atoms with Gasteiger partial charge in [0, 0.05) is 23.5 Å². The summed E-state index contributed by atoms with van der Waals surface area (Å²) in [6.45, 7) is 9.92. The van der Waals surface area contributed by atoms with Crippen molar-refractivity contribution in [3.63, 3.8) is 0 Å². The van der Waals surface area contributed by atoms with Crippen LogP contribution in [-0.2, 0) is 19.1 Å². The number of urea groups is 1. The van der Waals surface area contributed by atoms with E-state index in [1.807, 2.05) is 13.8 Å². The molecule has 0 aromatic carbocycles. The molecule has 2 saturated carbocycles. The van der Waals surface area contributed by atoms with Gasteiger partial charge in [-0.2, -0.15) is 0 Å². The monoisotopic (exact) mass is 551 g/mol. The smallest absolute Gasteiger partial charge is 0.315 e. The van der Waals surface area contributed by atoms with Crippen molar-refractivity contribution in [2.24, 2.45) is 17.3 Å². The number of ether oxygens (including phenoxy) is 2. The van der Waals surface area contributed by atoms with Crippen molar-refractivity contribution < 1.29 is 29.0 Å². The first-order valence-electron chi connectivity index (χ1n) is 15.3. The minimum Gasteiger partial charge on any atom is -0.481 e. The maximum atomic E-state index is 13.2. The second-order valence-corrected chi connectivity index (χ2v) is 13.3. The normalized spacial score (nSPS) is 28.3. The van der Waals surface area contributed by atoms with Crippen LogP contribution in [0.5, 0.6) is 0 Å². The zero-order valence-corrected chi connectivity index (χ0v) is 24.9. The van der Waals surface area contributed by atoms with E-state index in [1.165, 1.54) is 19.3 Å². The SMILES string of the molecule is CCCCCCC1(NC(=O)NC2CCCCCC2C(CNC(=O)C2OC(C)(C)OCC2(C)C)C(=O)O)CCC1. The van der Waals surface area contributed by atoms with Crippen molar-refractivity contribution in [2.45, 2.75) is 142 Å². The Morgan fingerprint density at radius 1 is 0.974 bits per heavy atom. The van der Waals surface area contributed by atoms with Crippen molar-refractivity contribution in [3.8, 4) is 0 Å². The number of hydrogen-bond acceptors (Lipinski definition) is 5. The van der Waals surface area contributed by atoms with Crippen LogP contribution in [-0.4, -0.2) is 59.6 Å². The van der Waals surface area contributed by atoms with E-state index in [2.05, 4.69) is 22.9 Å². The molecule has 9 heteroatoms. The van der Waals surface area contributed by atoms with Crippen LogP contribution in [0.4, 0.5) is 4.79 Å². The number of nitrogens with one attached hydrogen (secondary N) is 3. The van der Waals surface area contributed by atoms with Crippen LogP contribution >= 0.6 is 0 Å². The fraction of sp³-hybridized carbons (Fsp3) is 0.900. The van der Waals surface area contributed by atoms with Gasteiger partial charge < -0.3 is 30.5 Å². The Morgan fingerprint density at radius 2 is 1.69 bits per heavy atom. The molecule has 3 rings (SSSR count). The number of carbonyl (C=O) groups excluding carboxylic acids is 2. The number of carboxylic acids is 1. The van der Waals surface area contributed by atoms with E-state index in [0.717, 1.165) is 57.8 Å². The molecular weight excluding hydrogens is 498 g/mol. The maximum Gasteiger partial charge on any atom is 0.315 e. The summed E-state index contributed by atoms with van der Waals surface area (Å²) in [7, 11) is 0. The molecule has 0 radical (unpaired) electrons. The number of rotatable bonds is 12. The van der Waals surface area contributed by atoms with Gasteiger partial charge >= 0.3 is 12.0 Å². The molecule has 1 saturated heterocycles. The quantitative estimate of drug-likeness (QED) is 0.197. The third-order valence-corrected chi connectivity index (χ3v) is 9.06. The van der Waals surface area contributed by atoms with Gasteiger partial charge in [0.1, 0.15) is 6.10 Å². The molecule has 1 heterocycles. The molecule has 3 amide bonds. The average molecular weight is 552 g/mol. The fourth-order valence-electron chi connectivity index (χ4n) is 6.42. The van der Waals surface area contributed by atoms with E-state index in [1.54, 1.807) is 13.8 Å². The molecule has 3 aliphatic rings. The van der Waals surface area contributed by atoms with Crippen LogP contribution in [0.25, 0.3) is 0 Å². The van der Waals surface area contributed by atoms with E-state index in [0.29, 0.717) is 13.0 Å². The van der Waals surface area contributed by atoms with Crippen LogP contribution in [0.15, 0.2) is 0 Å². The summed E-state index contributed by atoms with van der Waals surface area (Å²) < 4.78 is 11.7. The first-order valence-corrected chi connectivity index (χ1v) is 15.3. The van der Waals surface area contributed by atoms with E-state index in [-0.39, 0.29) is 36.0 Å². The summed E-state index contributed by atoms with van der Waals surface area (Å²) >= 11 is 0. The van der Waals surface area contributed by atoms with Crippen molar-refractivity contribution in [1.82, 2.24) is 16.0 Å². The van der Waals surface area contributed by atoms with Gasteiger partial charge in [-0.25, -0.2) is 4.79 Å². The highest BCUT2D eigenvalue weighted by Crippen LogP contribution is 2.37. The van der Waals surface area contributed by atoms with Gasteiger partial charge in [-0.05, 0) is 58.3 Å². The Hall–Kier alpha value is -1.87. The number of aliphatic carboxylic acids is 1. The summed E-state index contributed by atoms with van der Waals surface area (Å²) in [5.74, 6) is -3.24. The second-order valence-electron chi connectivity index (χ2n) is 13.3. The van der Waals surface area contributed by atoms with Gasteiger partial charge in [0.15, 0.2) is 5.79 Å². The van der Waals surface area contributed by atoms with Crippen molar-refractivity contribution in [2.75, 3.05) is 13.2 Å². The van der Waals surface area contributed by atoms with E-state index < -0.39 is 29.2 Å². The minimum absolute atomic E-state index is 0.00275. The van der Waals surface area contributed by atoms with Gasteiger partial charge in [-0.3, -0.25) is 9.59 Å². The Labute approximate surface area is 234 Å². The molecule has 9 nitrogen and oxygen atoms in total. The fourth-order valence-corrected chi connectivity index (χ4v) is 6.42. The Balaban J connectivity index is 1.63. The van der Waals surface area contributed by atoms with Gasteiger partial charge in [0.25, 0.3) is 0 Å². The summed E-state index contributed by atoms with van der Waals surface area (Å²) in [4.78, 5) is 38.9. The number of carbonyl (C=O) groups is 3. The molecular formula is C30H53N3O6. The molecule has 4 N–H and O–H groups in total. The van der Waals surface area contributed by atoms with Crippen LogP contribution in [0.2, 0.25) is 0 Å². The topological polar surface area (TPSA) is 126 Å². The lowest BCUT2D eigenvalue weighted by Gasteiger charge is -2.45. The average Bonchev–Trinajstić information content (AvgIpc) is 3.07. The van der Waals surface area contributed by atoms with E-state index >= 15 is 0 Å². The molecule has 4 atom stereocenters. The van der Waals surface area contributed by atoms with Gasteiger partial charge in [0.2, 0.25) is 5.91 Å². The second kappa shape index (κ2) is 13.7. The lowest BCUT2D eigenvalue weighted by Crippen LogP contribution is -2.59. The number of carboxylic acid groups (broad SMARTS) is 1. The van der Waals surface area contributed by atoms with Crippen LogP contribution in [0.3, 0.4) is 0 Å². The Morgan fingerprint density at radius 3 is 2.33 bits per heavy atom. The molecule has 3 fully saturated rings. The Kier molecular flexibility index (Phi) is 11.1. The molecule has 4 unspecified atom stereocenters. The summed E-state index contributed by atoms with van der Waals surface area (Å²) in [6, 6.07) is -0.438. The lowest BCUT2D eigenvalue weighted by molar-refractivity contribution is -0.304. The highest BCUT2D eigenvalue weighted by Gasteiger charge is 2.46. The molecule has 1 aliphatic heterocycles. The van der Waals surface area contributed by atoms with Gasteiger partial charge in [0.05, 0.1) is 12.5 Å².